The van der Waals surface area contributed by atoms with Crippen LogP contribution in [0.4, 0.5) is 0 Å². The third-order valence-electron chi connectivity index (χ3n) is 3.49. The van der Waals surface area contributed by atoms with Crippen LogP contribution in [0, 0.1) is 5.92 Å². The van der Waals surface area contributed by atoms with Crippen molar-refractivity contribution in [2.75, 3.05) is 0 Å². The van der Waals surface area contributed by atoms with Crippen molar-refractivity contribution in [3.63, 3.8) is 0 Å². The van der Waals surface area contributed by atoms with Crippen LogP contribution in [0.3, 0.4) is 0 Å². The van der Waals surface area contributed by atoms with Gasteiger partial charge in [-0.05, 0) is 28.2 Å². The van der Waals surface area contributed by atoms with Crippen LogP contribution in [-0.2, 0) is 5.41 Å². The zero-order valence-electron chi connectivity index (χ0n) is 14.7. The van der Waals surface area contributed by atoms with Gasteiger partial charge in [-0.15, -0.1) is 0 Å². The van der Waals surface area contributed by atoms with Crippen molar-refractivity contribution in [2.24, 2.45) is 5.92 Å². The van der Waals surface area contributed by atoms with Crippen molar-refractivity contribution in [1.82, 2.24) is 0 Å². The van der Waals surface area contributed by atoms with Crippen molar-refractivity contribution in [1.29, 1.82) is 0 Å². The molecule has 3 rings (SSSR count). The van der Waals surface area contributed by atoms with E-state index < -0.39 is 0 Å². The Morgan fingerprint density at radius 2 is 0.952 bits per heavy atom. The highest BCUT2D eigenvalue weighted by atomic mass is 14.4. The summed E-state index contributed by atoms with van der Waals surface area (Å²) in [7, 11) is 0. The summed E-state index contributed by atoms with van der Waals surface area (Å²) < 4.78 is 0. The molecular weight excluding hydrogens is 252 g/mol. The molecule has 0 nitrogen and oxygen atoms in total. The van der Waals surface area contributed by atoms with Crippen LogP contribution < -0.4 is 0 Å². The highest BCUT2D eigenvalue weighted by molar-refractivity contribution is 5.80. The SMILES string of the molecule is CC.CC(C)C.CC1(C)c2ccccc2-c2ccccc21. The van der Waals surface area contributed by atoms with Gasteiger partial charge in [0.1, 0.15) is 0 Å². The number of benzene rings is 2. The van der Waals surface area contributed by atoms with Crippen molar-refractivity contribution in [3.8, 4) is 11.1 Å². The molecule has 1 aliphatic rings. The summed E-state index contributed by atoms with van der Waals surface area (Å²) in [5.74, 6) is 0.833. The Labute approximate surface area is 131 Å². The van der Waals surface area contributed by atoms with Gasteiger partial charge in [0.05, 0.1) is 0 Å². The van der Waals surface area contributed by atoms with Gasteiger partial charge >= 0.3 is 0 Å². The van der Waals surface area contributed by atoms with Gasteiger partial charge in [0, 0.05) is 5.41 Å². The lowest BCUT2D eigenvalue weighted by atomic mass is 9.82. The molecule has 114 valence electrons. The predicted molar refractivity (Wildman–Crippen MR) is 95.9 cm³/mol. The molecule has 0 fully saturated rings. The summed E-state index contributed by atoms with van der Waals surface area (Å²) in [6, 6.07) is 17.4. The van der Waals surface area contributed by atoms with Crippen LogP contribution in [0.1, 0.15) is 59.6 Å². The molecule has 0 aliphatic heterocycles. The Hall–Kier alpha value is -1.56. The van der Waals surface area contributed by atoms with Gasteiger partial charge in [-0.3, -0.25) is 0 Å². The monoisotopic (exact) mass is 282 g/mol. The highest BCUT2D eigenvalue weighted by Gasteiger charge is 2.34. The minimum atomic E-state index is 0.160. The quantitative estimate of drug-likeness (QED) is 0.505. The summed E-state index contributed by atoms with van der Waals surface area (Å²) in [4.78, 5) is 0. The summed E-state index contributed by atoms with van der Waals surface area (Å²) in [6.07, 6.45) is 0. The Morgan fingerprint density at radius 3 is 1.29 bits per heavy atom. The Bertz CT molecular complexity index is 512. The molecule has 0 saturated heterocycles. The number of hydrogen-bond acceptors (Lipinski definition) is 0. The van der Waals surface area contributed by atoms with Gasteiger partial charge in [-0.25, -0.2) is 0 Å². The molecule has 2 aromatic carbocycles. The first-order valence-corrected chi connectivity index (χ1v) is 8.14. The third-order valence-corrected chi connectivity index (χ3v) is 3.49. The third kappa shape index (κ3) is 3.75. The van der Waals surface area contributed by atoms with Crippen molar-refractivity contribution in [3.05, 3.63) is 59.7 Å². The summed E-state index contributed by atoms with van der Waals surface area (Å²) >= 11 is 0. The van der Waals surface area contributed by atoms with Crippen LogP contribution in [0.15, 0.2) is 48.5 Å². The number of fused-ring (bicyclic) bond motifs is 3. The van der Waals surface area contributed by atoms with Gasteiger partial charge in [0.2, 0.25) is 0 Å². The maximum Gasteiger partial charge on any atom is 0.0158 e. The van der Waals surface area contributed by atoms with Gasteiger partial charge in [0.25, 0.3) is 0 Å². The second kappa shape index (κ2) is 7.45. The molecule has 0 N–H and O–H groups in total. The van der Waals surface area contributed by atoms with E-state index in [9.17, 15) is 0 Å². The van der Waals surface area contributed by atoms with Gasteiger partial charge < -0.3 is 0 Å². The molecule has 2 aromatic rings. The molecule has 0 saturated carbocycles. The normalized spacial score (nSPS) is 13.3. The molecule has 0 aromatic heterocycles. The second-order valence-electron chi connectivity index (χ2n) is 6.45. The second-order valence-corrected chi connectivity index (χ2v) is 6.45. The smallest absolute Gasteiger partial charge is 0.0158 e. The zero-order chi connectivity index (χ0) is 16.0. The standard InChI is InChI=1S/C15H14.C4H10.C2H6/c1-15(2)13-9-5-3-7-11(13)12-8-4-6-10-14(12)15;1-4(2)3;1-2/h3-10H,1-2H3;4H,1-3H3;1-2H3. The Balaban J connectivity index is 0.000000322. The van der Waals surface area contributed by atoms with E-state index in [0.717, 1.165) is 5.92 Å². The van der Waals surface area contributed by atoms with E-state index in [4.69, 9.17) is 0 Å². The predicted octanol–water partition coefficient (Wildman–Crippen LogP) is 6.68. The lowest BCUT2D eigenvalue weighted by Gasteiger charge is -2.20. The first-order valence-electron chi connectivity index (χ1n) is 8.14. The molecule has 21 heavy (non-hydrogen) atoms. The Kier molecular flexibility index (Phi) is 6.20. The van der Waals surface area contributed by atoms with E-state index in [1.165, 1.54) is 22.3 Å². The molecule has 0 bridgehead atoms. The van der Waals surface area contributed by atoms with Crippen molar-refractivity contribution >= 4 is 0 Å². The van der Waals surface area contributed by atoms with E-state index >= 15 is 0 Å². The fourth-order valence-electron chi connectivity index (χ4n) is 2.67. The van der Waals surface area contributed by atoms with Gasteiger partial charge in [-0.1, -0.05) is 97.0 Å². The van der Waals surface area contributed by atoms with Crippen LogP contribution >= 0.6 is 0 Å². The molecule has 0 heterocycles. The van der Waals surface area contributed by atoms with E-state index in [1.807, 2.05) is 13.8 Å². The van der Waals surface area contributed by atoms with Crippen LogP contribution in [0.25, 0.3) is 11.1 Å². The van der Waals surface area contributed by atoms with E-state index in [-0.39, 0.29) is 5.41 Å². The lowest BCUT2D eigenvalue weighted by molar-refractivity contribution is 0.660. The summed E-state index contributed by atoms with van der Waals surface area (Å²) in [5, 5.41) is 0. The Morgan fingerprint density at radius 1 is 0.667 bits per heavy atom. The van der Waals surface area contributed by atoms with Crippen molar-refractivity contribution in [2.45, 2.75) is 53.9 Å². The maximum absolute atomic E-state index is 2.30. The largest absolute Gasteiger partial charge is 0.0683 e. The minimum Gasteiger partial charge on any atom is -0.0683 e. The minimum absolute atomic E-state index is 0.160. The van der Waals surface area contributed by atoms with E-state index in [1.54, 1.807) is 0 Å². The first-order chi connectivity index (χ1) is 9.94. The molecule has 0 amide bonds. The molecule has 0 heteroatoms. The fourth-order valence-corrected chi connectivity index (χ4v) is 2.67. The zero-order valence-corrected chi connectivity index (χ0v) is 14.7. The van der Waals surface area contributed by atoms with Crippen LogP contribution in [0.2, 0.25) is 0 Å². The number of hydrogen-bond donors (Lipinski definition) is 0. The maximum atomic E-state index is 2.30. The van der Waals surface area contributed by atoms with Gasteiger partial charge in [-0.2, -0.15) is 0 Å². The highest BCUT2D eigenvalue weighted by Crippen LogP contribution is 2.47. The molecule has 1 aliphatic carbocycles. The summed E-state index contributed by atoms with van der Waals surface area (Å²) in [6.45, 7) is 15.1. The van der Waals surface area contributed by atoms with E-state index in [2.05, 4.69) is 83.1 Å². The average Bonchev–Trinajstić information content (AvgIpc) is 2.71. The van der Waals surface area contributed by atoms with E-state index in [0.29, 0.717) is 0 Å². The molecule has 0 atom stereocenters. The average molecular weight is 282 g/mol. The fraction of sp³-hybridized carbons (Fsp3) is 0.429. The molecule has 0 spiro atoms. The lowest BCUT2D eigenvalue weighted by Crippen LogP contribution is -2.14. The van der Waals surface area contributed by atoms with Gasteiger partial charge in [0.15, 0.2) is 0 Å². The van der Waals surface area contributed by atoms with Crippen LogP contribution in [-0.4, -0.2) is 0 Å². The molecular formula is C21H30. The first kappa shape index (κ1) is 17.5. The van der Waals surface area contributed by atoms with Crippen molar-refractivity contribution < 1.29 is 0 Å². The molecule has 0 unspecified atom stereocenters. The summed E-state index contributed by atoms with van der Waals surface area (Å²) in [5.41, 5.74) is 5.86. The molecule has 0 radical (unpaired) electrons. The van der Waals surface area contributed by atoms with Crippen LogP contribution in [0.5, 0.6) is 0 Å². The number of rotatable bonds is 0. The topological polar surface area (TPSA) is 0 Å².